The van der Waals surface area contributed by atoms with Gasteiger partial charge in [-0.2, -0.15) is 10.1 Å². The van der Waals surface area contributed by atoms with Crippen LogP contribution in [0.15, 0.2) is 36.1 Å². The minimum absolute atomic E-state index is 0.302. The van der Waals surface area contributed by atoms with Gasteiger partial charge in [-0.25, -0.2) is 9.97 Å². The number of rotatable bonds is 4. The number of fused-ring (bicyclic) bond motifs is 1. The molecular weight excluding hydrogens is 362 g/mol. The molecule has 4 aromatic heterocycles. The highest BCUT2D eigenvalue weighted by Crippen LogP contribution is 2.37. The Morgan fingerprint density at radius 1 is 1.19 bits per heavy atom. The van der Waals surface area contributed by atoms with Gasteiger partial charge in [-0.15, -0.1) is 5.10 Å². The first-order valence-electron chi connectivity index (χ1n) is 8.93. The van der Waals surface area contributed by atoms with Gasteiger partial charge in [0, 0.05) is 28.6 Å². The molecule has 4 aromatic rings. The van der Waals surface area contributed by atoms with Crippen molar-refractivity contribution in [1.82, 2.24) is 39.9 Å². The summed E-state index contributed by atoms with van der Waals surface area (Å²) in [5.41, 5.74) is 8.36. The minimum Gasteiger partial charge on any atom is -0.366 e. The van der Waals surface area contributed by atoms with Crippen molar-refractivity contribution in [2.75, 3.05) is 5.73 Å². The Morgan fingerprint density at radius 3 is 2.89 bits per heavy atom. The number of nitrogen functional groups attached to an aromatic ring is 1. The maximum Gasteiger partial charge on any atom is 0.240 e. The zero-order valence-corrected chi connectivity index (χ0v) is 15.4. The number of anilines is 1. The largest absolute Gasteiger partial charge is 0.366 e. The third-order valence-electron chi connectivity index (χ3n) is 5.01. The fraction of sp³-hybridized carbons (Fsp3) is 0.353. The van der Waals surface area contributed by atoms with Crippen molar-refractivity contribution in [2.24, 2.45) is 0 Å². The Labute approximate surface area is 159 Å². The molecule has 4 N–H and O–H groups in total. The first kappa shape index (κ1) is 16.3. The zero-order chi connectivity index (χ0) is 18.2. The van der Waals surface area contributed by atoms with E-state index in [4.69, 9.17) is 5.73 Å². The highest BCUT2D eigenvalue weighted by atomic mass is 32.2. The fourth-order valence-electron chi connectivity index (χ4n) is 3.66. The van der Waals surface area contributed by atoms with Crippen molar-refractivity contribution >= 4 is 28.7 Å². The number of hydrogen-bond acceptors (Lipinski definition) is 7. The van der Waals surface area contributed by atoms with Crippen molar-refractivity contribution in [3.05, 3.63) is 31.0 Å². The molecule has 1 saturated carbocycles. The van der Waals surface area contributed by atoms with Gasteiger partial charge in [-0.05, 0) is 31.7 Å². The lowest BCUT2D eigenvalue weighted by Crippen LogP contribution is -2.20. The van der Waals surface area contributed by atoms with E-state index in [9.17, 15) is 0 Å². The molecule has 138 valence electrons. The molecule has 4 heterocycles. The van der Waals surface area contributed by atoms with Crippen LogP contribution in [-0.2, 0) is 0 Å². The highest BCUT2D eigenvalue weighted by Gasteiger charge is 2.25. The van der Waals surface area contributed by atoms with E-state index in [1.807, 2.05) is 18.5 Å². The van der Waals surface area contributed by atoms with Crippen LogP contribution in [-0.4, -0.2) is 45.2 Å². The monoisotopic (exact) mass is 381 g/mol. The Hall–Kier alpha value is -2.88. The fourth-order valence-corrected chi connectivity index (χ4v) is 4.73. The van der Waals surface area contributed by atoms with E-state index in [1.54, 1.807) is 18.1 Å². The molecule has 1 fully saturated rings. The molecule has 0 atom stereocenters. The van der Waals surface area contributed by atoms with Gasteiger partial charge in [-0.3, -0.25) is 9.78 Å². The number of aromatic amines is 2. The van der Waals surface area contributed by atoms with Crippen LogP contribution in [0.4, 0.5) is 5.95 Å². The van der Waals surface area contributed by atoms with Gasteiger partial charge in [0.15, 0.2) is 5.16 Å². The molecule has 10 heteroatoms. The molecule has 1 aliphatic carbocycles. The second kappa shape index (κ2) is 6.69. The van der Waals surface area contributed by atoms with E-state index < -0.39 is 0 Å². The van der Waals surface area contributed by atoms with E-state index in [2.05, 4.69) is 46.1 Å². The lowest BCUT2D eigenvalue weighted by molar-refractivity contribution is 0.335. The van der Waals surface area contributed by atoms with Crippen LogP contribution >= 0.6 is 11.8 Å². The molecule has 0 unspecified atom stereocenters. The third kappa shape index (κ3) is 3.16. The molecule has 0 aromatic carbocycles. The van der Waals surface area contributed by atoms with Crippen LogP contribution in [0.3, 0.4) is 0 Å². The molecule has 0 bridgehead atoms. The quantitative estimate of drug-likeness (QED) is 0.496. The van der Waals surface area contributed by atoms with Gasteiger partial charge in [0.2, 0.25) is 5.95 Å². The maximum atomic E-state index is 5.57. The van der Waals surface area contributed by atoms with Crippen molar-refractivity contribution in [1.29, 1.82) is 0 Å². The minimum atomic E-state index is 0.302. The summed E-state index contributed by atoms with van der Waals surface area (Å²) < 4.78 is 2.09. The smallest absolute Gasteiger partial charge is 0.240 e. The summed E-state index contributed by atoms with van der Waals surface area (Å²) in [6.45, 7) is 0. The summed E-state index contributed by atoms with van der Waals surface area (Å²) in [6.07, 6.45) is 11.9. The molecule has 0 amide bonds. The Morgan fingerprint density at radius 2 is 2.07 bits per heavy atom. The van der Waals surface area contributed by atoms with Crippen LogP contribution < -0.4 is 5.73 Å². The van der Waals surface area contributed by atoms with Gasteiger partial charge in [0.1, 0.15) is 12.0 Å². The summed E-state index contributed by atoms with van der Waals surface area (Å²) in [4.78, 5) is 16.0. The van der Waals surface area contributed by atoms with E-state index >= 15 is 0 Å². The molecule has 1 aliphatic rings. The lowest BCUT2D eigenvalue weighted by atomic mass is 9.95. The highest BCUT2D eigenvalue weighted by molar-refractivity contribution is 7.99. The molecule has 0 saturated heterocycles. The van der Waals surface area contributed by atoms with Gasteiger partial charge in [0.25, 0.3) is 0 Å². The average molecular weight is 381 g/mol. The van der Waals surface area contributed by atoms with Crippen molar-refractivity contribution in [3.8, 4) is 11.3 Å². The number of nitrogens with zero attached hydrogens (tertiary/aromatic N) is 6. The Bertz CT molecular complexity index is 1060. The summed E-state index contributed by atoms with van der Waals surface area (Å²) >= 11 is 1.73. The molecule has 9 nitrogen and oxygen atoms in total. The van der Waals surface area contributed by atoms with Crippen LogP contribution in [0, 0.1) is 0 Å². The third-order valence-corrected chi connectivity index (χ3v) is 6.22. The second-order valence-corrected chi connectivity index (χ2v) is 8.01. The van der Waals surface area contributed by atoms with Gasteiger partial charge in [-0.1, -0.05) is 11.8 Å². The van der Waals surface area contributed by atoms with Crippen LogP contribution in [0.1, 0.15) is 31.7 Å². The Balaban J connectivity index is 1.28. The Kier molecular flexibility index (Phi) is 4.04. The maximum absolute atomic E-state index is 5.57. The van der Waals surface area contributed by atoms with Crippen LogP contribution in [0.5, 0.6) is 0 Å². The standard InChI is InChI=1S/C17H19N9S/c18-16-23-17(25-24-16)27-12-3-1-11(2-4-12)26-8-10(7-22-26)14-13-5-6-19-15(13)21-9-20-14/h5-9,11-12H,1-4H2,(H,19,20,21)(H3,18,23,24,25)/t11-,12+. The van der Waals surface area contributed by atoms with E-state index in [1.165, 1.54) is 0 Å². The topological polar surface area (TPSA) is 127 Å². The number of aromatic nitrogens is 8. The zero-order valence-electron chi connectivity index (χ0n) is 14.5. The predicted molar refractivity (Wildman–Crippen MR) is 103 cm³/mol. The second-order valence-electron chi connectivity index (χ2n) is 6.72. The molecule has 0 radical (unpaired) electrons. The van der Waals surface area contributed by atoms with Gasteiger partial charge in [0.05, 0.1) is 17.9 Å². The van der Waals surface area contributed by atoms with E-state index in [-0.39, 0.29) is 0 Å². The first-order chi connectivity index (χ1) is 13.3. The number of nitrogens with two attached hydrogens (primary N) is 1. The molecule has 0 aliphatic heterocycles. The summed E-state index contributed by atoms with van der Waals surface area (Å²) in [5, 5.41) is 13.7. The van der Waals surface area contributed by atoms with Crippen molar-refractivity contribution in [2.45, 2.75) is 42.1 Å². The number of thioether (sulfide) groups is 1. The van der Waals surface area contributed by atoms with E-state index in [0.717, 1.165) is 53.1 Å². The lowest BCUT2D eigenvalue weighted by Gasteiger charge is -2.27. The predicted octanol–water partition coefficient (Wildman–Crippen LogP) is 2.80. The molecular formula is C17H19N9S. The van der Waals surface area contributed by atoms with Crippen molar-refractivity contribution < 1.29 is 0 Å². The van der Waals surface area contributed by atoms with Gasteiger partial charge >= 0.3 is 0 Å². The summed E-state index contributed by atoms with van der Waals surface area (Å²) in [7, 11) is 0. The number of hydrogen-bond donors (Lipinski definition) is 3. The molecule has 5 rings (SSSR count). The van der Waals surface area contributed by atoms with Gasteiger partial charge < -0.3 is 10.7 Å². The SMILES string of the molecule is Nc1n[nH]c(S[C@H]2CC[C@@H](n3cc(-c4ncnc5[nH]ccc45)cn3)CC2)n1. The van der Waals surface area contributed by atoms with Crippen molar-refractivity contribution in [3.63, 3.8) is 0 Å². The van der Waals surface area contributed by atoms with E-state index in [0.29, 0.717) is 17.2 Å². The van der Waals surface area contributed by atoms with Crippen LogP contribution in [0.2, 0.25) is 0 Å². The molecule has 27 heavy (non-hydrogen) atoms. The normalized spacial score (nSPS) is 20.3. The number of nitrogens with one attached hydrogen (secondary N) is 2. The summed E-state index contributed by atoms with van der Waals surface area (Å²) in [6, 6.07) is 2.42. The number of H-pyrrole nitrogens is 2. The molecule has 0 spiro atoms. The van der Waals surface area contributed by atoms with Crippen LogP contribution in [0.25, 0.3) is 22.3 Å². The first-order valence-corrected chi connectivity index (χ1v) is 9.81. The summed E-state index contributed by atoms with van der Waals surface area (Å²) in [5.74, 6) is 0.302. The average Bonchev–Trinajstić information content (AvgIpc) is 3.42.